The molecule has 4 atom stereocenters. The number of benzene rings is 5. The zero-order chi connectivity index (χ0) is 38.7. The van der Waals surface area contributed by atoms with Crippen LogP contribution in [0.3, 0.4) is 0 Å². The average molecular weight is 785 g/mol. The highest BCUT2D eigenvalue weighted by Gasteiger charge is 2.61. The SMILES string of the molecule is CC(C)(C)c1cc(C(C)(C)C)c(OP2OC(c3ccccc3)(c3ccccc3)[C@@H]3CCCN32)cc1OP1OC(c2ccccc2)(c2ccccc2)[C@@H]2CCCN21. The van der Waals surface area contributed by atoms with Gasteiger partial charge in [-0.15, -0.1) is 0 Å². The molecule has 4 aliphatic rings. The third-order valence-electron chi connectivity index (χ3n) is 12.1. The van der Waals surface area contributed by atoms with Crippen molar-refractivity contribution in [2.75, 3.05) is 13.1 Å². The van der Waals surface area contributed by atoms with Gasteiger partial charge in [-0.3, -0.25) is 9.05 Å². The van der Waals surface area contributed by atoms with Gasteiger partial charge in [0, 0.05) is 30.3 Å². The van der Waals surface area contributed by atoms with Gasteiger partial charge in [-0.2, -0.15) is 0 Å². The molecule has 4 saturated heterocycles. The van der Waals surface area contributed by atoms with Crippen LogP contribution in [0.4, 0.5) is 0 Å². The van der Waals surface area contributed by atoms with Gasteiger partial charge in [0.25, 0.3) is 0 Å². The van der Waals surface area contributed by atoms with Gasteiger partial charge in [0.1, 0.15) is 22.7 Å². The second kappa shape index (κ2) is 14.7. The second-order valence-corrected chi connectivity index (χ2v) is 20.5. The number of rotatable bonds is 8. The Kier molecular flexibility index (Phi) is 9.93. The highest BCUT2D eigenvalue weighted by Crippen LogP contribution is 2.67. The van der Waals surface area contributed by atoms with Gasteiger partial charge < -0.3 is 9.05 Å². The average Bonchev–Trinajstić information content (AvgIpc) is 4.00. The zero-order valence-corrected chi connectivity index (χ0v) is 35.3. The molecule has 0 bridgehead atoms. The first-order valence-electron chi connectivity index (χ1n) is 20.3. The van der Waals surface area contributed by atoms with Crippen LogP contribution < -0.4 is 9.05 Å². The molecule has 6 nitrogen and oxygen atoms in total. The van der Waals surface area contributed by atoms with Gasteiger partial charge in [-0.1, -0.05) is 163 Å². The summed E-state index contributed by atoms with van der Waals surface area (Å²) in [5.74, 6) is 1.64. The smallest absolute Gasteiger partial charge is 0.322 e. The van der Waals surface area contributed by atoms with Crippen molar-refractivity contribution in [1.82, 2.24) is 9.34 Å². The van der Waals surface area contributed by atoms with E-state index in [1.165, 1.54) is 22.3 Å². The summed E-state index contributed by atoms with van der Waals surface area (Å²) in [7, 11) is -2.94. The van der Waals surface area contributed by atoms with E-state index in [1.807, 2.05) is 0 Å². The van der Waals surface area contributed by atoms with E-state index < -0.39 is 28.3 Å². The minimum absolute atomic E-state index is 0.160. The van der Waals surface area contributed by atoms with E-state index in [-0.39, 0.29) is 22.9 Å². The summed E-state index contributed by atoms with van der Waals surface area (Å²) in [5.41, 5.74) is 5.29. The number of hydrogen-bond donors (Lipinski definition) is 0. The minimum atomic E-state index is -1.47. The highest BCUT2D eigenvalue weighted by atomic mass is 31.2. The zero-order valence-electron chi connectivity index (χ0n) is 33.5. The predicted octanol–water partition coefficient (Wildman–Crippen LogP) is 12.4. The lowest BCUT2D eigenvalue weighted by Crippen LogP contribution is -2.40. The molecule has 5 aromatic rings. The summed E-state index contributed by atoms with van der Waals surface area (Å²) in [4.78, 5) is 0. The molecule has 2 unspecified atom stereocenters. The van der Waals surface area contributed by atoms with E-state index >= 15 is 0 Å². The van der Waals surface area contributed by atoms with Crippen molar-refractivity contribution in [3.05, 3.63) is 167 Å². The van der Waals surface area contributed by atoms with Gasteiger partial charge in [0.05, 0.1) is 12.1 Å². The van der Waals surface area contributed by atoms with Crippen molar-refractivity contribution in [3.8, 4) is 11.5 Å². The van der Waals surface area contributed by atoms with Crippen LogP contribution >= 0.6 is 17.1 Å². The fourth-order valence-corrected chi connectivity index (χ4v) is 13.4. The molecule has 5 aromatic carbocycles. The van der Waals surface area contributed by atoms with Crippen molar-refractivity contribution in [2.45, 2.75) is 101 Å². The van der Waals surface area contributed by atoms with Crippen molar-refractivity contribution in [2.24, 2.45) is 0 Å². The molecule has 0 aliphatic carbocycles. The van der Waals surface area contributed by atoms with E-state index in [4.69, 9.17) is 18.1 Å². The van der Waals surface area contributed by atoms with E-state index in [9.17, 15) is 0 Å². The summed E-state index contributed by atoms with van der Waals surface area (Å²) in [6.07, 6.45) is 4.28. The number of nitrogens with zero attached hydrogens (tertiary/aromatic N) is 2. The lowest BCUT2D eigenvalue weighted by molar-refractivity contribution is 0.108. The molecule has 0 aromatic heterocycles. The minimum Gasteiger partial charge on any atom is -0.435 e. The normalized spacial score (nSPS) is 24.5. The molecule has 0 radical (unpaired) electrons. The van der Waals surface area contributed by atoms with E-state index in [2.05, 4.69) is 184 Å². The van der Waals surface area contributed by atoms with Crippen molar-refractivity contribution < 1.29 is 18.1 Å². The second-order valence-electron chi connectivity index (χ2n) is 17.8. The lowest BCUT2D eigenvalue weighted by atomic mass is 9.79. The Morgan fingerprint density at radius 2 is 0.821 bits per heavy atom. The van der Waals surface area contributed by atoms with Crippen molar-refractivity contribution in [1.29, 1.82) is 0 Å². The summed E-state index contributed by atoms with van der Waals surface area (Å²) in [6.45, 7) is 15.5. The molecule has 56 heavy (non-hydrogen) atoms. The molecule has 4 heterocycles. The van der Waals surface area contributed by atoms with Crippen LogP contribution in [0.25, 0.3) is 0 Å². The first-order chi connectivity index (χ1) is 27.0. The molecule has 290 valence electrons. The third-order valence-corrected chi connectivity index (χ3v) is 15.5. The molecule has 0 spiro atoms. The summed E-state index contributed by atoms with van der Waals surface area (Å²) in [5, 5.41) is 0. The number of fused-ring (bicyclic) bond motifs is 2. The van der Waals surface area contributed by atoms with Crippen LogP contribution in [0.2, 0.25) is 0 Å². The first kappa shape index (κ1) is 37.9. The summed E-state index contributed by atoms with van der Waals surface area (Å²) < 4.78 is 34.5. The first-order valence-corrected chi connectivity index (χ1v) is 22.5. The topological polar surface area (TPSA) is 43.4 Å². The summed E-state index contributed by atoms with van der Waals surface area (Å²) in [6, 6.07) is 47.9. The fraction of sp³-hybridized carbons (Fsp3) is 0.375. The van der Waals surface area contributed by atoms with Gasteiger partial charge in [-0.25, -0.2) is 9.34 Å². The Morgan fingerprint density at radius 1 is 0.500 bits per heavy atom. The Bertz CT molecular complexity index is 1910. The van der Waals surface area contributed by atoms with E-state index in [0.717, 1.165) is 61.4 Å². The molecular weight excluding hydrogens is 730 g/mol. The Labute approximate surface area is 336 Å². The molecule has 0 N–H and O–H groups in total. The Balaban J connectivity index is 1.13. The van der Waals surface area contributed by atoms with Gasteiger partial charge in [0.2, 0.25) is 0 Å². The third kappa shape index (κ3) is 6.42. The molecular formula is C48H54N2O4P2. The molecule has 8 heteroatoms. The van der Waals surface area contributed by atoms with Crippen LogP contribution in [0, 0.1) is 0 Å². The standard InChI is InChI=1S/C48H54N2O4P2/c1-45(2,3)39-33-40(46(4,5)6)42(52-56-50-32-20-30-44(50)48(54-56,37-25-15-9-16-26-37)38-27-17-10-18-28-38)34-41(39)51-55-49-31-19-29-43(49)47(53-55,35-21-11-7-12-22-35)36-23-13-8-14-24-36/h7-18,21-28,33-34,43-44H,19-20,29-32H2,1-6H3/t43-,44-,55?,56?/m0/s1. The maximum atomic E-state index is 7.41. The Hall–Kier alpha value is -3.60. The van der Waals surface area contributed by atoms with Crippen LogP contribution in [0.15, 0.2) is 133 Å². The van der Waals surface area contributed by atoms with Crippen LogP contribution in [-0.4, -0.2) is 34.5 Å². The van der Waals surface area contributed by atoms with Crippen molar-refractivity contribution >= 4 is 17.1 Å². The van der Waals surface area contributed by atoms with Gasteiger partial charge in [0.15, 0.2) is 0 Å². The van der Waals surface area contributed by atoms with Gasteiger partial charge >= 0.3 is 17.1 Å². The molecule has 0 saturated carbocycles. The predicted molar refractivity (Wildman–Crippen MR) is 228 cm³/mol. The lowest BCUT2D eigenvalue weighted by Gasteiger charge is -2.34. The molecule has 9 rings (SSSR count). The largest absolute Gasteiger partial charge is 0.435 e. The van der Waals surface area contributed by atoms with Crippen molar-refractivity contribution in [3.63, 3.8) is 0 Å². The fourth-order valence-electron chi connectivity index (χ4n) is 9.44. The van der Waals surface area contributed by atoms with E-state index in [0.29, 0.717) is 0 Å². The van der Waals surface area contributed by atoms with Crippen LogP contribution in [0.5, 0.6) is 11.5 Å². The maximum absolute atomic E-state index is 7.41. The monoisotopic (exact) mass is 784 g/mol. The molecule has 4 fully saturated rings. The van der Waals surface area contributed by atoms with Crippen LogP contribution in [-0.2, 0) is 31.1 Å². The van der Waals surface area contributed by atoms with E-state index in [1.54, 1.807) is 0 Å². The van der Waals surface area contributed by atoms with Crippen LogP contribution in [0.1, 0.15) is 101 Å². The van der Waals surface area contributed by atoms with Gasteiger partial charge in [-0.05, 0) is 64.8 Å². The quantitative estimate of drug-likeness (QED) is 0.146. The summed E-state index contributed by atoms with van der Waals surface area (Å²) >= 11 is 0. The maximum Gasteiger partial charge on any atom is 0.322 e. The molecule has 4 aliphatic heterocycles. The highest BCUT2D eigenvalue weighted by molar-refractivity contribution is 7.45. The molecule has 0 amide bonds. The number of hydrogen-bond acceptors (Lipinski definition) is 6. The Morgan fingerprint density at radius 3 is 1.12 bits per heavy atom.